The predicted molar refractivity (Wildman–Crippen MR) is 102 cm³/mol. The fraction of sp³-hybridized carbons (Fsp3) is 0.350. The number of halogens is 4. The van der Waals surface area contributed by atoms with Crippen molar-refractivity contribution in [3.8, 4) is 5.75 Å². The van der Waals surface area contributed by atoms with Gasteiger partial charge in [0.2, 0.25) is 5.91 Å². The Morgan fingerprint density at radius 1 is 1.25 bits per heavy atom. The van der Waals surface area contributed by atoms with Crippen LogP contribution in [0, 0.1) is 0 Å². The zero-order valence-electron chi connectivity index (χ0n) is 15.2. The van der Waals surface area contributed by atoms with E-state index in [4.69, 9.17) is 16.3 Å². The summed E-state index contributed by atoms with van der Waals surface area (Å²) in [4.78, 5) is 14.4. The van der Waals surface area contributed by atoms with Crippen LogP contribution in [-0.4, -0.2) is 31.0 Å². The van der Waals surface area contributed by atoms with Gasteiger partial charge in [-0.2, -0.15) is 13.2 Å². The van der Waals surface area contributed by atoms with Crippen molar-refractivity contribution in [1.82, 2.24) is 4.90 Å². The van der Waals surface area contributed by atoms with Gasteiger partial charge in [0.1, 0.15) is 5.75 Å². The van der Waals surface area contributed by atoms with Gasteiger partial charge in [-0.05, 0) is 55.3 Å². The van der Waals surface area contributed by atoms with Crippen LogP contribution in [0.4, 0.5) is 18.9 Å². The molecule has 2 aromatic rings. The molecule has 0 radical (unpaired) electrons. The van der Waals surface area contributed by atoms with Crippen molar-refractivity contribution in [3.63, 3.8) is 0 Å². The summed E-state index contributed by atoms with van der Waals surface area (Å²) >= 11 is 5.68. The molecule has 1 amide bonds. The molecular formula is C20H20ClF3N2O2. The molecule has 4 nitrogen and oxygen atoms in total. The minimum atomic E-state index is -4.60. The molecule has 1 heterocycles. The van der Waals surface area contributed by atoms with Crippen LogP contribution in [-0.2, 0) is 11.0 Å². The Morgan fingerprint density at radius 2 is 1.96 bits per heavy atom. The van der Waals surface area contributed by atoms with Crippen LogP contribution in [0.1, 0.15) is 30.0 Å². The number of carbonyl (C=O) groups is 1. The first kappa shape index (κ1) is 20.5. The number of methoxy groups -OCH3 is 1. The van der Waals surface area contributed by atoms with E-state index in [2.05, 4.69) is 5.32 Å². The van der Waals surface area contributed by atoms with Crippen LogP contribution in [0.15, 0.2) is 42.5 Å². The highest BCUT2D eigenvalue weighted by Crippen LogP contribution is 2.37. The first-order chi connectivity index (χ1) is 13.3. The molecule has 0 spiro atoms. The molecule has 1 fully saturated rings. The second-order valence-corrected chi connectivity index (χ2v) is 7.07. The Kier molecular flexibility index (Phi) is 6.15. The van der Waals surface area contributed by atoms with Crippen molar-refractivity contribution >= 4 is 23.2 Å². The van der Waals surface area contributed by atoms with E-state index >= 15 is 0 Å². The number of hydrogen-bond donors (Lipinski definition) is 1. The molecule has 2 aromatic carbocycles. The lowest BCUT2D eigenvalue weighted by Gasteiger charge is -2.24. The molecule has 0 bridgehead atoms. The van der Waals surface area contributed by atoms with E-state index in [0.29, 0.717) is 6.54 Å². The second-order valence-electron chi connectivity index (χ2n) is 6.64. The monoisotopic (exact) mass is 412 g/mol. The summed E-state index contributed by atoms with van der Waals surface area (Å²) in [5.41, 5.74) is -0.197. The maximum Gasteiger partial charge on any atom is 0.418 e. The Morgan fingerprint density at radius 3 is 2.61 bits per heavy atom. The first-order valence-electron chi connectivity index (χ1n) is 8.82. The molecule has 150 valence electrons. The summed E-state index contributed by atoms with van der Waals surface area (Å²) in [7, 11) is 1.59. The molecule has 0 aromatic heterocycles. The van der Waals surface area contributed by atoms with Crippen LogP contribution in [0.25, 0.3) is 0 Å². The van der Waals surface area contributed by atoms with Gasteiger partial charge >= 0.3 is 6.18 Å². The maximum absolute atomic E-state index is 13.2. The van der Waals surface area contributed by atoms with E-state index in [1.807, 2.05) is 29.2 Å². The predicted octanol–water partition coefficient (Wildman–Crippen LogP) is 5.14. The Labute approximate surface area is 166 Å². The van der Waals surface area contributed by atoms with Crippen LogP contribution in [0.5, 0.6) is 5.75 Å². The van der Waals surface area contributed by atoms with Crippen LogP contribution in [0.3, 0.4) is 0 Å². The molecule has 1 atom stereocenters. The van der Waals surface area contributed by atoms with Crippen molar-refractivity contribution in [2.75, 3.05) is 25.5 Å². The first-order valence-corrected chi connectivity index (χ1v) is 9.20. The van der Waals surface area contributed by atoms with Crippen molar-refractivity contribution in [3.05, 3.63) is 58.6 Å². The van der Waals surface area contributed by atoms with E-state index < -0.39 is 17.6 Å². The highest BCUT2D eigenvalue weighted by atomic mass is 35.5. The van der Waals surface area contributed by atoms with Gasteiger partial charge in [-0.3, -0.25) is 9.69 Å². The summed E-state index contributed by atoms with van der Waals surface area (Å²) < 4.78 is 44.8. The quantitative estimate of drug-likeness (QED) is 0.739. The van der Waals surface area contributed by atoms with Gasteiger partial charge in [0.05, 0.1) is 24.9 Å². The third kappa shape index (κ3) is 4.77. The van der Waals surface area contributed by atoms with Crippen molar-refractivity contribution < 1.29 is 22.7 Å². The second kappa shape index (κ2) is 8.41. The van der Waals surface area contributed by atoms with Crippen molar-refractivity contribution in [2.24, 2.45) is 0 Å². The van der Waals surface area contributed by atoms with E-state index in [9.17, 15) is 18.0 Å². The van der Waals surface area contributed by atoms with Gasteiger partial charge in [0, 0.05) is 11.1 Å². The third-order valence-corrected chi connectivity index (χ3v) is 5.01. The zero-order valence-corrected chi connectivity index (χ0v) is 16.0. The standard InChI is InChI=1S/C20H20ClF3N2O2/c1-28-15-7-4-13(5-8-15)18-3-2-10-26(18)12-19(27)25-17-9-6-14(21)11-16(17)20(22,23)24/h4-9,11,18H,2-3,10,12H2,1H3,(H,25,27)/t18-/m0/s1. The summed E-state index contributed by atoms with van der Waals surface area (Å²) in [6.45, 7) is 0.716. The maximum atomic E-state index is 13.2. The summed E-state index contributed by atoms with van der Waals surface area (Å²) in [6.07, 6.45) is -2.81. The highest BCUT2D eigenvalue weighted by molar-refractivity contribution is 6.30. The van der Waals surface area contributed by atoms with Crippen LogP contribution in [0.2, 0.25) is 5.02 Å². The Hall–Kier alpha value is -2.25. The molecule has 1 aliphatic rings. The minimum Gasteiger partial charge on any atom is -0.497 e. The molecule has 1 aliphatic heterocycles. The number of nitrogens with zero attached hydrogens (tertiary/aromatic N) is 1. The average Bonchev–Trinajstić information content (AvgIpc) is 3.10. The third-order valence-electron chi connectivity index (χ3n) is 4.77. The van der Waals surface area contributed by atoms with Gasteiger partial charge in [-0.1, -0.05) is 23.7 Å². The number of alkyl halides is 3. The van der Waals surface area contributed by atoms with Gasteiger partial charge in [-0.15, -0.1) is 0 Å². The molecule has 1 saturated heterocycles. The smallest absolute Gasteiger partial charge is 0.418 e. The van der Waals surface area contributed by atoms with Gasteiger partial charge < -0.3 is 10.1 Å². The number of carbonyl (C=O) groups excluding carboxylic acids is 1. The fourth-order valence-corrected chi connectivity index (χ4v) is 3.63. The minimum absolute atomic E-state index is 0.0105. The molecule has 0 aliphatic carbocycles. The molecular weight excluding hydrogens is 393 g/mol. The lowest BCUT2D eigenvalue weighted by Crippen LogP contribution is -2.33. The summed E-state index contributed by atoms with van der Waals surface area (Å²) in [5, 5.41) is 2.34. The molecule has 3 rings (SSSR count). The fourth-order valence-electron chi connectivity index (χ4n) is 3.45. The summed E-state index contributed by atoms with van der Waals surface area (Å²) in [6, 6.07) is 11.0. The van der Waals surface area contributed by atoms with Crippen molar-refractivity contribution in [2.45, 2.75) is 25.1 Å². The van der Waals surface area contributed by atoms with Gasteiger partial charge in [0.25, 0.3) is 0 Å². The Balaban J connectivity index is 1.70. The lowest BCUT2D eigenvalue weighted by molar-refractivity contribution is -0.137. The number of amides is 1. The molecule has 0 saturated carbocycles. The van der Waals surface area contributed by atoms with E-state index in [-0.39, 0.29) is 23.3 Å². The largest absolute Gasteiger partial charge is 0.497 e. The number of anilines is 1. The number of nitrogens with one attached hydrogen (secondary N) is 1. The van der Waals surface area contributed by atoms with Crippen molar-refractivity contribution in [1.29, 1.82) is 0 Å². The zero-order chi connectivity index (χ0) is 20.3. The van der Waals surface area contributed by atoms with E-state index in [1.54, 1.807) is 7.11 Å². The molecule has 28 heavy (non-hydrogen) atoms. The average molecular weight is 413 g/mol. The van der Waals surface area contributed by atoms with Gasteiger partial charge in [0.15, 0.2) is 0 Å². The van der Waals surface area contributed by atoms with Gasteiger partial charge in [-0.25, -0.2) is 0 Å². The van der Waals surface area contributed by atoms with Crippen LogP contribution >= 0.6 is 11.6 Å². The summed E-state index contributed by atoms with van der Waals surface area (Å²) in [5.74, 6) is 0.252. The molecule has 8 heteroatoms. The number of likely N-dealkylation sites (tertiary alicyclic amines) is 1. The normalized spacial score (nSPS) is 17.5. The topological polar surface area (TPSA) is 41.6 Å². The number of benzene rings is 2. The van der Waals surface area contributed by atoms with Crippen LogP contribution < -0.4 is 10.1 Å². The number of ether oxygens (including phenoxy) is 1. The Bertz CT molecular complexity index is 840. The highest BCUT2D eigenvalue weighted by Gasteiger charge is 2.34. The molecule has 0 unspecified atom stereocenters. The van der Waals surface area contributed by atoms with E-state index in [0.717, 1.165) is 30.2 Å². The number of hydrogen-bond acceptors (Lipinski definition) is 3. The lowest BCUT2D eigenvalue weighted by atomic mass is 10.0. The number of rotatable bonds is 5. The molecule has 1 N–H and O–H groups in total. The van der Waals surface area contributed by atoms with E-state index in [1.165, 1.54) is 12.1 Å². The SMILES string of the molecule is COc1ccc([C@@H]2CCCN2CC(=O)Nc2ccc(Cl)cc2C(F)(F)F)cc1.